The Balaban J connectivity index is 2.01. The Labute approximate surface area is 66.2 Å². The van der Waals surface area contributed by atoms with Crippen LogP contribution in [0.15, 0.2) is 0 Å². The van der Waals surface area contributed by atoms with Gasteiger partial charge in [-0.2, -0.15) is 5.26 Å². The number of fused-ring (bicyclic) bond motifs is 1. The minimum absolute atomic E-state index is 0.316. The lowest BCUT2D eigenvalue weighted by molar-refractivity contribution is 0.0947. The molecule has 0 aromatic heterocycles. The molecule has 3 nitrogen and oxygen atoms in total. The Kier molecular flexibility index (Phi) is 1.26. The molecule has 1 saturated carbocycles. The van der Waals surface area contributed by atoms with Crippen LogP contribution in [0.4, 0.5) is 0 Å². The van der Waals surface area contributed by atoms with Crippen molar-refractivity contribution in [2.45, 2.75) is 12.0 Å². The van der Waals surface area contributed by atoms with Crippen molar-refractivity contribution >= 4 is 0 Å². The SMILES string of the molecule is CN1C[C@@H]2[C@H](C1)C2(O)CC#N. The number of hydrogen-bond donors (Lipinski definition) is 1. The highest BCUT2D eigenvalue weighted by Gasteiger charge is 2.66. The van der Waals surface area contributed by atoms with Gasteiger partial charge in [-0.25, -0.2) is 0 Å². The molecule has 60 valence electrons. The minimum Gasteiger partial charge on any atom is -0.388 e. The second kappa shape index (κ2) is 1.96. The van der Waals surface area contributed by atoms with Crippen LogP contribution in [0.1, 0.15) is 6.42 Å². The summed E-state index contributed by atoms with van der Waals surface area (Å²) in [6.07, 6.45) is 0.316. The molecule has 2 rings (SSSR count). The van der Waals surface area contributed by atoms with Crippen molar-refractivity contribution in [2.24, 2.45) is 11.8 Å². The van der Waals surface area contributed by atoms with E-state index >= 15 is 0 Å². The van der Waals surface area contributed by atoms with E-state index in [4.69, 9.17) is 5.26 Å². The third kappa shape index (κ3) is 0.800. The summed E-state index contributed by atoms with van der Waals surface area (Å²) in [4.78, 5) is 2.21. The van der Waals surface area contributed by atoms with Gasteiger partial charge in [0.2, 0.25) is 0 Å². The summed E-state index contributed by atoms with van der Waals surface area (Å²) >= 11 is 0. The van der Waals surface area contributed by atoms with Gasteiger partial charge in [-0.05, 0) is 7.05 Å². The number of nitrogens with zero attached hydrogens (tertiary/aromatic N) is 2. The summed E-state index contributed by atoms with van der Waals surface area (Å²) < 4.78 is 0. The van der Waals surface area contributed by atoms with Gasteiger partial charge in [0, 0.05) is 24.9 Å². The topological polar surface area (TPSA) is 47.3 Å². The summed E-state index contributed by atoms with van der Waals surface area (Å²) in [5, 5.41) is 18.2. The first kappa shape index (κ1) is 7.08. The molecule has 0 amide bonds. The third-order valence-corrected chi connectivity index (χ3v) is 3.04. The van der Waals surface area contributed by atoms with Gasteiger partial charge in [0.1, 0.15) is 0 Å². The largest absolute Gasteiger partial charge is 0.388 e. The lowest BCUT2D eigenvalue weighted by Gasteiger charge is -2.16. The van der Waals surface area contributed by atoms with Crippen LogP contribution in [0.3, 0.4) is 0 Å². The minimum atomic E-state index is -0.610. The van der Waals surface area contributed by atoms with Gasteiger partial charge in [0.05, 0.1) is 18.1 Å². The van der Waals surface area contributed by atoms with Crippen LogP contribution in [-0.2, 0) is 0 Å². The molecule has 0 spiro atoms. The van der Waals surface area contributed by atoms with Crippen molar-refractivity contribution in [2.75, 3.05) is 20.1 Å². The molecule has 0 aromatic rings. The van der Waals surface area contributed by atoms with E-state index in [-0.39, 0.29) is 0 Å². The summed E-state index contributed by atoms with van der Waals surface area (Å²) in [6.45, 7) is 1.92. The smallest absolute Gasteiger partial charge is 0.0865 e. The van der Waals surface area contributed by atoms with E-state index in [1.54, 1.807) is 0 Å². The normalized spacial score (nSPS) is 48.5. The maximum atomic E-state index is 9.78. The molecule has 0 radical (unpaired) electrons. The van der Waals surface area contributed by atoms with E-state index in [2.05, 4.69) is 11.9 Å². The fourth-order valence-corrected chi connectivity index (χ4v) is 2.29. The molecule has 0 bridgehead atoms. The van der Waals surface area contributed by atoms with E-state index in [9.17, 15) is 5.11 Å². The highest BCUT2D eigenvalue weighted by molar-refractivity contribution is 5.19. The highest BCUT2D eigenvalue weighted by atomic mass is 16.3. The molecule has 1 N–H and O–H groups in total. The van der Waals surface area contributed by atoms with Crippen molar-refractivity contribution < 1.29 is 5.11 Å². The van der Waals surface area contributed by atoms with Crippen LogP contribution in [0.5, 0.6) is 0 Å². The molecule has 1 aliphatic carbocycles. The Hall–Kier alpha value is -0.590. The summed E-state index contributed by atoms with van der Waals surface area (Å²) in [5.74, 6) is 0.763. The van der Waals surface area contributed by atoms with Crippen LogP contribution >= 0.6 is 0 Å². The molecular formula is C8H12N2O. The second-order valence-electron chi connectivity index (χ2n) is 3.76. The Bertz CT molecular complexity index is 209. The first-order chi connectivity index (χ1) is 5.18. The predicted octanol–water partition coefficient (Wildman–Crippen LogP) is -0.177. The number of hydrogen-bond acceptors (Lipinski definition) is 3. The second-order valence-corrected chi connectivity index (χ2v) is 3.76. The quantitative estimate of drug-likeness (QED) is 0.567. The van der Waals surface area contributed by atoms with E-state index in [0.29, 0.717) is 18.3 Å². The van der Waals surface area contributed by atoms with E-state index in [1.807, 2.05) is 6.07 Å². The fraction of sp³-hybridized carbons (Fsp3) is 0.875. The van der Waals surface area contributed by atoms with Crippen molar-refractivity contribution in [1.29, 1.82) is 5.26 Å². The average Bonchev–Trinajstić information content (AvgIpc) is 2.39. The van der Waals surface area contributed by atoms with Gasteiger partial charge in [-0.3, -0.25) is 0 Å². The van der Waals surface area contributed by atoms with Gasteiger partial charge in [-0.15, -0.1) is 0 Å². The van der Waals surface area contributed by atoms with Gasteiger partial charge in [-0.1, -0.05) is 0 Å². The first-order valence-electron chi connectivity index (χ1n) is 3.96. The number of likely N-dealkylation sites (tertiary alicyclic amines) is 1. The molecule has 11 heavy (non-hydrogen) atoms. The zero-order valence-electron chi connectivity index (χ0n) is 6.62. The molecule has 3 atom stereocenters. The number of aliphatic hydroxyl groups is 1. The van der Waals surface area contributed by atoms with E-state index in [0.717, 1.165) is 13.1 Å². The molecular weight excluding hydrogens is 140 g/mol. The monoisotopic (exact) mass is 152 g/mol. The number of rotatable bonds is 1. The Morgan fingerprint density at radius 2 is 2.18 bits per heavy atom. The Morgan fingerprint density at radius 1 is 1.64 bits per heavy atom. The molecule has 3 heteroatoms. The van der Waals surface area contributed by atoms with Gasteiger partial charge in [0.25, 0.3) is 0 Å². The molecule has 1 unspecified atom stereocenters. The molecule has 0 aromatic carbocycles. The molecule has 2 fully saturated rings. The molecule has 1 heterocycles. The van der Waals surface area contributed by atoms with Crippen molar-refractivity contribution in [3.8, 4) is 6.07 Å². The van der Waals surface area contributed by atoms with Crippen molar-refractivity contribution in [3.63, 3.8) is 0 Å². The zero-order chi connectivity index (χ0) is 8.06. The van der Waals surface area contributed by atoms with Crippen LogP contribution in [0.25, 0.3) is 0 Å². The first-order valence-corrected chi connectivity index (χ1v) is 3.96. The van der Waals surface area contributed by atoms with E-state index < -0.39 is 5.60 Å². The number of piperidine rings is 1. The fourth-order valence-electron chi connectivity index (χ4n) is 2.29. The van der Waals surface area contributed by atoms with Crippen LogP contribution < -0.4 is 0 Å². The van der Waals surface area contributed by atoms with Crippen LogP contribution in [0, 0.1) is 23.2 Å². The highest BCUT2D eigenvalue weighted by Crippen LogP contribution is 2.56. The van der Waals surface area contributed by atoms with Crippen LogP contribution in [0.2, 0.25) is 0 Å². The van der Waals surface area contributed by atoms with Gasteiger partial charge in [0.15, 0.2) is 0 Å². The summed E-state index contributed by atoms with van der Waals surface area (Å²) in [5.41, 5.74) is -0.610. The Morgan fingerprint density at radius 3 is 2.64 bits per heavy atom. The van der Waals surface area contributed by atoms with Gasteiger partial charge < -0.3 is 10.0 Å². The van der Waals surface area contributed by atoms with Gasteiger partial charge >= 0.3 is 0 Å². The maximum Gasteiger partial charge on any atom is 0.0865 e. The third-order valence-electron chi connectivity index (χ3n) is 3.04. The zero-order valence-corrected chi connectivity index (χ0v) is 6.62. The van der Waals surface area contributed by atoms with E-state index in [1.165, 1.54) is 0 Å². The average molecular weight is 152 g/mol. The van der Waals surface area contributed by atoms with Crippen molar-refractivity contribution in [3.05, 3.63) is 0 Å². The lowest BCUT2D eigenvalue weighted by atomic mass is 10.1. The number of nitriles is 1. The maximum absolute atomic E-state index is 9.78. The lowest BCUT2D eigenvalue weighted by Crippen LogP contribution is -2.28. The summed E-state index contributed by atoms with van der Waals surface area (Å²) in [6, 6.07) is 2.05. The predicted molar refractivity (Wildman–Crippen MR) is 39.7 cm³/mol. The van der Waals surface area contributed by atoms with Crippen molar-refractivity contribution in [1.82, 2.24) is 4.90 Å². The molecule has 1 saturated heterocycles. The molecule has 2 aliphatic rings. The van der Waals surface area contributed by atoms with Crippen LogP contribution in [-0.4, -0.2) is 35.7 Å². The standard InChI is InChI=1S/C8H12N2O/c1-10-4-6-7(5-10)8(6,11)2-3-9/h6-7,11H,2,4-5H2,1H3/t6-,7+,8?. The summed E-state index contributed by atoms with van der Waals surface area (Å²) in [7, 11) is 2.05. The molecule has 1 aliphatic heterocycles.